The van der Waals surface area contributed by atoms with E-state index in [4.69, 9.17) is 0 Å². The standard InChI is InChI=1S/C19H22/c1-2-7-16(8-3-1)9-6-10-17-13-14-18-11-4-5-12-19(18)15-17/h1-5,7-8,11-12,15,18-19H,6,9-10,13-14H2. The van der Waals surface area contributed by atoms with Crippen molar-refractivity contribution in [2.45, 2.75) is 32.1 Å². The molecule has 2 atom stereocenters. The summed E-state index contributed by atoms with van der Waals surface area (Å²) < 4.78 is 0. The van der Waals surface area contributed by atoms with Gasteiger partial charge in [-0.05, 0) is 43.6 Å². The first-order chi connectivity index (χ1) is 9.42. The second-order valence-electron chi connectivity index (χ2n) is 5.71. The van der Waals surface area contributed by atoms with E-state index in [1.54, 1.807) is 5.57 Å². The number of hydrogen-bond donors (Lipinski definition) is 0. The fourth-order valence-electron chi connectivity index (χ4n) is 3.22. The Morgan fingerprint density at radius 3 is 2.68 bits per heavy atom. The average Bonchev–Trinajstić information content (AvgIpc) is 2.48. The molecule has 19 heavy (non-hydrogen) atoms. The van der Waals surface area contributed by atoms with Gasteiger partial charge in [0.15, 0.2) is 0 Å². The minimum atomic E-state index is 0.672. The van der Waals surface area contributed by atoms with Gasteiger partial charge in [0.05, 0.1) is 0 Å². The van der Waals surface area contributed by atoms with E-state index in [1.165, 1.54) is 37.7 Å². The third-order valence-electron chi connectivity index (χ3n) is 4.33. The highest BCUT2D eigenvalue weighted by atomic mass is 14.3. The van der Waals surface area contributed by atoms with Gasteiger partial charge in [-0.1, -0.05) is 66.3 Å². The van der Waals surface area contributed by atoms with Gasteiger partial charge >= 0.3 is 0 Å². The van der Waals surface area contributed by atoms with Crippen molar-refractivity contribution < 1.29 is 0 Å². The Kier molecular flexibility index (Phi) is 3.98. The molecule has 2 aliphatic carbocycles. The summed E-state index contributed by atoms with van der Waals surface area (Å²) in [6, 6.07) is 10.8. The SMILES string of the molecule is C1=CC2C=C(CCCc3ccccc3)CCC2C=C1. The second-order valence-corrected chi connectivity index (χ2v) is 5.71. The van der Waals surface area contributed by atoms with Crippen LogP contribution in [0.5, 0.6) is 0 Å². The van der Waals surface area contributed by atoms with E-state index in [0.29, 0.717) is 5.92 Å². The Hall–Kier alpha value is -1.56. The molecule has 2 unspecified atom stereocenters. The van der Waals surface area contributed by atoms with Gasteiger partial charge in [0, 0.05) is 5.92 Å². The van der Waals surface area contributed by atoms with Crippen LogP contribution in [0.25, 0.3) is 0 Å². The van der Waals surface area contributed by atoms with Crippen molar-refractivity contribution in [1.82, 2.24) is 0 Å². The molecule has 1 aromatic carbocycles. The molecular weight excluding hydrogens is 228 g/mol. The molecule has 0 saturated heterocycles. The lowest BCUT2D eigenvalue weighted by atomic mass is 9.77. The van der Waals surface area contributed by atoms with Crippen LogP contribution < -0.4 is 0 Å². The zero-order valence-electron chi connectivity index (χ0n) is 11.5. The van der Waals surface area contributed by atoms with Crippen molar-refractivity contribution in [2.24, 2.45) is 11.8 Å². The lowest BCUT2D eigenvalue weighted by Crippen LogP contribution is -2.15. The van der Waals surface area contributed by atoms with Crippen LogP contribution in [0.4, 0.5) is 0 Å². The van der Waals surface area contributed by atoms with Crippen LogP contribution in [-0.4, -0.2) is 0 Å². The third kappa shape index (κ3) is 3.26. The summed E-state index contributed by atoms with van der Waals surface area (Å²) in [5, 5.41) is 0. The fraction of sp³-hybridized carbons (Fsp3) is 0.368. The zero-order valence-corrected chi connectivity index (χ0v) is 11.5. The maximum Gasteiger partial charge on any atom is 0.00154 e. The summed E-state index contributed by atoms with van der Waals surface area (Å²) >= 11 is 0. The van der Waals surface area contributed by atoms with Crippen molar-refractivity contribution in [3.05, 3.63) is 71.8 Å². The normalized spacial score (nSPS) is 24.9. The van der Waals surface area contributed by atoms with Crippen molar-refractivity contribution in [1.29, 1.82) is 0 Å². The summed E-state index contributed by atoms with van der Waals surface area (Å²) in [4.78, 5) is 0. The molecule has 0 radical (unpaired) electrons. The summed E-state index contributed by atoms with van der Waals surface area (Å²) in [5.41, 5.74) is 3.15. The van der Waals surface area contributed by atoms with Gasteiger partial charge in [-0.2, -0.15) is 0 Å². The Balaban J connectivity index is 1.52. The Bertz CT molecular complexity index is 490. The molecule has 1 aromatic rings. The molecule has 0 fully saturated rings. The molecule has 0 N–H and O–H groups in total. The lowest BCUT2D eigenvalue weighted by Gasteiger charge is -2.28. The van der Waals surface area contributed by atoms with Crippen molar-refractivity contribution in [3.8, 4) is 0 Å². The van der Waals surface area contributed by atoms with Crippen molar-refractivity contribution in [3.63, 3.8) is 0 Å². The fourth-order valence-corrected chi connectivity index (χ4v) is 3.22. The number of fused-ring (bicyclic) bond motifs is 1. The zero-order chi connectivity index (χ0) is 12.9. The van der Waals surface area contributed by atoms with Gasteiger partial charge in [-0.15, -0.1) is 0 Å². The summed E-state index contributed by atoms with van der Waals surface area (Å²) in [5.74, 6) is 1.44. The molecule has 0 amide bonds. The number of aryl methyl sites for hydroxylation is 1. The van der Waals surface area contributed by atoms with Crippen LogP contribution in [0.15, 0.2) is 66.3 Å². The Morgan fingerprint density at radius 1 is 0.947 bits per heavy atom. The van der Waals surface area contributed by atoms with E-state index < -0.39 is 0 Å². The van der Waals surface area contributed by atoms with E-state index in [-0.39, 0.29) is 0 Å². The molecule has 98 valence electrons. The number of allylic oxidation sites excluding steroid dienone is 6. The van der Waals surface area contributed by atoms with E-state index >= 15 is 0 Å². The number of hydrogen-bond acceptors (Lipinski definition) is 0. The van der Waals surface area contributed by atoms with Crippen molar-refractivity contribution >= 4 is 0 Å². The van der Waals surface area contributed by atoms with Gasteiger partial charge < -0.3 is 0 Å². The molecule has 0 spiro atoms. The van der Waals surface area contributed by atoms with Crippen LogP contribution in [-0.2, 0) is 6.42 Å². The van der Waals surface area contributed by atoms with Crippen LogP contribution in [0, 0.1) is 11.8 Å². The van der Waals surface area contributed by atoms with Gasteiger partial charge in [0.1, 0.15) is 0 Å². The highest BCUT2D eigenvalue weighted by molar-refractivity contribution is 5.24. The third-order valence-corrected chi connectivity index (χ3v) is 4.33. The predicted molar refractivity (Wildman–Crippen MR) is 82.0 cm³/mol. The largest absolute Gasteiger partial charge is 0.0805 e. The lowest BCUT2D eigenvalue weighted by molar-refractivity contribution is 0.471. The molecule has 0 aliphatic heterocycles. The molecule has 0 saturated carbocycles. The van der Waals surface area contributed by atoms with E-state index in [2.05, 4.69) is 60.7 Å². The highest BCUT2D eigenvalue weighted by Gasteiger charge is 2.21. The molecule has 0 bridgehead atoms. The van der Waals surface area contributed by atoms with E-state index in [0.717, 1.165) is 5.92 Å². The molecule has 2 aliphatic rings. The maximum atomic E-state index is 2.53. The quantitative estimate of drug-likeness (QED) is 0.653. The first kappa shape index (κ1) is 12.5. The minimum Gasteiger partial charge on any atom is -0.0805 e. The summed E-state index contributed by atoms with van der Waals surface area (Å²) in [7, 11) is 0. The second kappa shape index (κ2) is 6.06. The maximum absolute atomic E-state index is 2.53. The Morgan fingerprint density at radius 2 is 1.79 bits per heavy atom. The van der Waals surface area contributed by atoms with E-state index in [1.807, 2.05) is 0 Å². The molecule has 0 heteroatoms. The highest BCUT2D eigenvalue weighted by Crippen LogP contribution is 2.34. The van der Waals surface area contributed by atoms with Gasteiger partial charge in [-0.3, -0.25) is 0 Å². The van der Waals surface area contributed by atoms with E-state index in [9.17, 15) is 0 Å². The molecular formula is C19H22. The topological polar surface area (TPSA) is 0 Å². The predicted octanol–water partition coefficient (Wildman–Crippen LogP) is 5.09. The Labute approximate surface area is 116 Å². The smallest absolute Gasteiger partial charge is 0.00154 e. The molecule has 3 rings (SSSR count). The van der Waals surface area contributed by atoms with Crippen LogP contribution in [0.3, 0.4) is 0 Å². The molecule has 0 heterocycles. The number of rotatable bonds is 4. The minimum absolute atomic E-state index is 0.672. The van der Waals surface area contributed by atoms with Gasteiger partial charge in [-0.25, -0.2) is 0 Å². The van der Waals surface area contributed by atoms with Crippen LogP contribution >= 0.6 is 0 Å². The first-order valence-corrected chi connectivity index (χ1v) is 7.50. The first-order valence-electron chi connectivity index (χ1n) is 7.50. The number of benzene rings is 1. The summed E-state index contributed by atoms with van der Waals surface area (Å²) in [6.45, 7) is 0. The molecule has 0 aromatic heterocycles. The molecule has 0 nitrogen and oxygen atoms in total. The van der Waals surface area contributed by atoms with Crippen LogP contribution in [0.2, 0.25) is 0 Å². The summed E-state index contributed by atoms with van der Waals surface area (Å²) in [6.07, 6.45) is 18.1. The monoisotopic (exact) mass is 250 g/mol. The van der Waals surface area contributed by atoms with Gasteiger partial charge in [0.2, 0.25) is 0 Å². The van der Waals surface area contributed by atoms with Crippen LogP contribution in [0.1, 0.15) is 31.2 Å². The van der Waals surface area contributed by atoms with Gasteiger partial charge in [0.25, 0.3) is 0 Å². The van der Waals surface area contributed by atoms with Crippen molar-refractivity contribution in [2.75, 3.05) is 0 Å². The average molecular weight is 250 g/mol.